The molecular weight excluding hydrogens is 258 g/mol. The number of benzene rings is 1. The van der Waals surface area contributed by atoms with E-state index in [1.807, 2.05) is 24.3 Å². The van der Waals surface area contributed by atoms with Crippen molar-refractivity contribution in [3.8, 4) is 0 Å². The molecule has 1 atom stereocenters. The first-order chi connectivity index (χ1) is 7.20. The molecule has 0 aliphatic heterocycles. The minimum atomic E-state index is -0.235. The van der Waals surface area contributed by atoms with Crippen molar-refractivity contribution >= 4 is 26.9 Å². The maximum absolute atomic E-state index is 8.79. The first-order valence-corrected chi connectivity index (χ1v) is 5.55. The lowest BCUT2D eigenvalue weighted by molar-refractivity contribution is 0.270. The van der Waals surface area contributed by atoms with Crippen LogP contribution in [-0.2, 0) is 0 Å². The summed E-state index contributed by atoms with van der Waals surface area (Å²) >= 11 is 3.40. The molecule has 0 aliphatic carbocycles. The number of rotatable bonds is 3. The molecular formula is C11H12BrNO2. The van der Waals surface area contributed by atoms with Gasteiger partial charge >= 0.3 is 0 Å². The largest absolute Gasteiger partial charge is 0.459 e. The molecule has 80 valence electrons. The molecule has 4 heteroatoms. The molecule has 1 heterocycles. The summed E-state index contributed by atoms with van der Waals surface area (Å²) in [5.41, 5.74) is 6.66. The van der Waals surface area contributed by atoms with Crippen LogP contribution in [-0.4, -0.2) is 11.7 Å². The van der Waals surface area contributed by atoms with Gasteiger partial charge in [-0.15, -0.1) is 0 Å². The zero-order chi connectivity index (χ0) is 10.8. The summed E-state index contributed by atoms with van der Waals surface area (Å²) < 4.78 is 6.59. The van der Waals surface area contributed by atoms with Crippen LogP contribution in [0.25, 0.3) is 11.0 Å². The molecule has 3 nitrogen and oxygen atoms in total. The van der Waals surface area contributed by atoms with Crippen molar-refractivity contribution in [1.29, 1.82) is 0 Å². The van der Waals surface area contributed by atoms with Crippen molar-refractivity contribution in [2.45, 2.75) is 12.5 Å². The normalized spacial score (nSPS) is 13.3. The van der Waals surface area contributed by atoms with E-state index >= 15 is 0 Å². The van der Waals surface area contributed by atoms with Crippen LogP contribution in [0, 0.1) is 0 Å². The maximum atomic E-state index is 8.79. The van der Waals surface area contributed by atoms with Gasteiger partial charge in [0.25, 0.3) is 0 Å². The van der Waals surface area contributed by atoms with Gasteiger partial charge in [-0.1, -0.05) is 15.9 Å². The molecule has 0 saturated heterocycles. The van der Waals surface area contributed by atoms with Gasteiger partial charge in [0, 0.05) is 16.5 Å². The van der Waals surface area contributed by atoms with Crippen LogP contribution in [0.4, 0.5) is 0 Å². The van der Waals surface area contributed by atoms with Crippen LogP contribution >= 0.6 is 15.9 Å². The molecule has 15 heavy (non-hydrogen) atoms. The van der Waals surface area contributed by atoms with Gasteiger partial charge in [-0.25, -0.2) is 0 Å². The van der Waals surface area contributed by atoms with Gasteiger partial charge in [-0.2, -0.15) is 0 Å². The van der Waals surface area contributed by atoms with E-state index in [0.29, 0.717) is 6.42 Å². The van der Waals surface area contributed by atoms with Crippen LogP contribution < -0.4 is 5.73 Å². The molecule has 0 aliphatic rings. The Balaban J connectivity index is 2.38. The van der Waals surface area contributed by atoms with Gasteiger partial charge in [0.15, 0.2) is 0 Å². The van der Waals surface area contributed by atoms with E-state index < -0.39 is 0 Å². The monoisotopic (exact) mass is 269 g/mol. The Kier molecular flexibility index (Phi) is 3.09. The number of hydrogen-bond donors (Lipinski definition) is 2. The third kappa shape index (κ3) is 2.22. The second-order valence-electron chi connectivity index (χ2n) is 3.45. The number of nitrogens with two attached hydrogens (primary N) is 1. The second-order valence-corrected chi connectivity index (χ2v) is 4.37. The Labute approximate surface area is 96.0 Å². The predicted octanol–water partition coefficient (Wildman–Crippen LogP) is 2.58. The number of halogens is 1. The van der Waals surface area contributed by atoms with E-state index in [4.69, 9.17) is 15.3 Å². The third-order valence-corrected chi connectivity index (χ3v) is 2.80. The molecule has 0 bridgehead atoms. The lowest BCUT2D eigenvalue weighted by Crippen LogP contribution is -2.10. The zero-order valence-electron chi connectivity index (χ0n) is 8.11. The Bertz CT molecular complexity index is 467. The van der Waals surface area contributed by atoms with E-state index in [1.165, 1.54) is 0 Å². The van der Waals surface area contributed by atoms with E-state index in [1.54, 1.807) is 0 Å². The summed E-state index contributed by atoms with van der Waals surface area (Å²) in [6.07, 6.45) is 0.515. The van der Waals surface area contributed by atoms with E-state index in [0.717, 1.165) is 21.2 Å². The standard InChI is InChI=1S/C11H12BrNO2/c12-8-1-2-10-7(5-8)6-11(15-10)9(13)3-4-14/h1-2,5-6,9,14H,3-4,13H2. The highest BCUT2D eigenvalue weighted by Gasteiger charge is 2.11. The van der Waals surface area contributed by atoms with Crippen LogP contribution in [0.5, 0.6) is 0 Å². The van der Waals surface area contributed by atoms with Crippen LogP contribution in [0.3, 0.4) is 0 Å². The molecule has 2 rings (SSSR count). The highest BCUT2D eigenvalue weighted by Crippen LogP contribution is 2.26. The summed E-state index contributed by atoms with van der Waals surface area (Å²) in [5.74, 6) is 0.720. The first-order valence-electron chi connectivity index (χ1n) is 4.76. The van der Waals surface area contributed by atoms with Gasteiger partial charge < -0.3 is 15.3 Å². The number of aliphatic hydroxyl groups is 1. The number of furan rings is 1. The number of aliphatic hydroxyl groups excluding tert-OH is 1. The summed E-state index contributed by atoms with van der Waals surface area (Å²) in [6.45, 7) is 0.0713. The molecule has 0 radical (unpaired) electrons. The second kappa shape index (κ2) is 4.35. The minimum absolute atomic E-state index is 0.0713. The molecule has 2 aromatic rings. The molecule has 1 unspecified atom stereocenters. The van der Waals surface area contributed by atoms with Crippen LogP contribution in [0.1, 0.15) is 18.2 Å². The van der Waals surface area contributed by atoms with Gasteiger partial charge in [0.05, 0.1) is 6.04 Å². The average Bonchev–Trinajstić information content (AvgIpc) is 2.60. The number of hydrogen-bond acceptors (Lipinski definition) is 3. The van der Waals surface area contributed by atoms with Crippen molar-refractivity contribution in [1.82, 2.24) is 0 Å². The van der Waals surface area contributed by atoms with Crippen molar-refractivity contribution in [2.24, 2.45) is 5.73 Å². The van der Waals surface area contributed by atoms with E-state index in [2.05, 4.69) is 15.9 Å². The van der Waals surface area contributed by atoms with Gasteiger partial charge in [-0.05, 0) is 30.7 Å². The molecule has 3 N–H and O–H groups in total. The van der Waals surface area contributed by atoms with Gasteiger partial charge in [-0.3, -0.25) is 0 Å². The first kappa shape index (κ1) is 10.7. The average molecular weight is 270 g/mol. The Morgan fingerprint density at radius 2 is 2.20 bits per heavy atom. The summed E-state index contributed by atoms with van der Waals surface area (Å²) in [7, 11) is 0. The number of fused-ring (bicyclic) bond motifs is 1. The highest BCUT2D eigenvalue weighted by atomic mass is 79.9. The summed E-state index contributed by atoms with van der Waals surface area (Å²) in [4.78, 5) is 0. The molecule has 0 saturated carbocycles. The lowest BCUT2D eigenvalue weighted by atomic mass is 10.1. The fourth-order valence-electron chi connectivity index (χ4n) is 1.50. The fraction of sp³-hybridized carbons (Fsp3) is 0.273. The molecule has 1 aromatic carbocycles. The van der Waals surface area contributed by atoms with Crippen molar-refractivity contribution in [3.05, 3.63) is 34.5 Å². The highest BCUT2D eigenvalue weighted by molar-refractivity contribution is 9.10. The SMILES string of the molecule is NC(CCO)c1cc2cc(Br)ccc2o1. The Morgan fingerprint density at radius 3 is 2.93 bits per heavy atom. The van der Waals surface area contributed by atoms with E-state index in [-0.39, 0.29) is 12.6 Å². The fourth-order valence-corrected chi connectivity index (χ4v) is 1.88. The predicted molar refractivity (Wildman–Crippen MR) is 62.5 cm³/mol. The minimum Gasteiger partial charge on any atom is -0.459 e. The zero-order valence-corrected chi connectivity index (χ0v) is 9.70. The van der Waals surface area contributed by atoms with E-state index in [9.17, 15) is 0 Å². The van der Waals surface area contributed by atoms with Crippen molar-refractivity contribution in [2.75, 3.05) is 6.61 Å². The molecule has 1 aromatic heterocycles. The summed E-state index contributed by atoms with van der Waals surface area (Å²) in [6, 6.07) is 7.48. The third-order valence-electron chi connectivity index (χ3n) is 2.30. The maximum Gasteiger partial charge on any atom is 0.134 e. The quantitative estimate of drug-likeness (QED) is 0.901. The Morgan fingerprint density at radius 1 is 1.40 bits per heavy atom. The van der Waals surface area contributed by atoms with Gasteiger partial charge in [0.1, 0.15) is 11.3 Å². The Hall–Kier alpha value is -0.840. The van der Waals surface area contributed by atoms with Crippen LogP contribution in [0.15, 0.2) is 33.2 Å². The molecule has 0 amide bonds. The molecule has 0 fully saturated rings. The van der Waals surface area contributed by atoms with Crippen LogP contribution in [0.2, 0.25) is 0 Å². The van der Waals surface area contributed by atoms with Gasteiger partial charge in [0.2, 0.25) is 0 Å². The lowest BCUT2D eigenvalue weighted by Gasteiger charge is -2.04. The van der Waals surface area contributed by atoms with Crippen molar-refractivity contribution < 1.29 is 9.52 Å². The van der Waals surface area contributed by atoms with Crippen molar-refractivity contribution in [3.63, 3.8) is 0 Å². The summed E-state index contributed by atoms with van der Waals surface area (Å²) in [5, 5.41) is 9.81. The topological polar surface area (TPSA) is 59.4 Å². The molecule has 0 spiro atoms. The smallest absolute Gasteiger partial charge is 0.134 e.